The van der Waals surface area contributed by atoms with Gasteiger partial charge in [-0.25, -0.2) is 4.98 Å². The summed E-state index contributed by atoms with van der Waals surface area (Å²) in [6, 6.07) is 8.12. The summed E-state index contributed by atoms with van der Waals surface area (Å²) in [5, 5.41) is 15.2. The Balaban J connectivity index is 1.79. The van der Waals surface area contributed by atoms with E-state index < -0.39 is 0 Å². The van der Waals surface area contributed by atoms with Crippen molar-refractivity contribution < 1.29 is 9.84 Å². The molecule has 0 bridgehead atoms. The van der Waals surface area contributed by atoms with Gasteiger partial charge in [-0.05, 0) is 43.6 Å². The van der Waals surface area contributed by atoms with Crippen molar-refractivity contribution in [3.63, 3.8) is 0 Å². The number of nitrogens with zero attached hydrogens (tertiary/aromatic N) is 4. The van der Waals surface area contributed by atoms with Crippen molar-refractivity contribution in [1.82, 2.24) is 19.5 Å². The van der Waals surface area contributed by atoms with Crippen LogP contribution in [0.5, 0.6) is 11.6 Å². The van der Waals surface area contributed by atoms with Crippen LogP contribution in [0.15, 0.2) is 24.3 Å². The van der Waals surface area contributed by atoms with E-state index in [1.165, 1.54) is 24.2 Å². The van der Waals surface area contributed by atoms with Crippen molar-refractivity contribution in [2.24, 2.45) is 0 Å². The zero-order valence-corrected chi connectivity index (χ0v) is 15.3. The first kappa shape index (κ1) is 16.4. The van der Waals surface area contributed by atoms with Crippen LogP contribution in [0.1, 0.15) is 42.1 Å². The van der Waals surface area contributed by atoms with Crippen molar-refractivity contribution in [1.29, 1.82) is 0 Å². The first-order valence-corrected chi connectivity index (χ1v) is 9.48. The summed E-state index contributed by atoms with van der Waals surface area (Å²) < 4.78 is 6.86. The Morgan fingerprint density at radius 3 is 2.56 bits per heavy atom. The van der Waals surface area contributed by atoms with Crippen LogP contribution in [0.2, 0.25) is 0 Å². The highest BCUT2D eigenvalue weighted by Gasteiger charge is 2.31. The van der Waals surface area contributed by atoms with E-state index in [1.54, 1.807) is 11.6 Å². The summed E-state index contributed by atoms with van der Waals surface area (Å²) in [5.41, 5.74) is 1.15. The molecule has 1 fully saturated rings. The van der Waals surface area contributed by atoms with E-state index in [4.69, 9.17) is 4.74 Å². The van der Waals surface area contributed by atoms with Gasteiger partial charge in [-0.3, -0.25) is 4.90 Å². The fourth-order valence-corrected chi connectivity index (χ4v) is 4.57. The zero-order chi connectivity index (χ0) is 17.4. The molecule has 1 aromatic carbocycles. The second kappa shape index (κ2) is 6.65. The standard InChI is InChI=1S/C18H22N4O2S/c1-3-14-19-18-22(20-14)17(23)16(25-18)15(21-10-4-5-11-21)12-6-8-13(24-2)9-7-12/h6-9,15,23H,3-5,10-11H2,1-2H3. The SMILES string of the molecule is CCc1nc2sc(C(c3ccc(OC)cc3)N3CCCC3)c(O)n2n1. The highest BCUT2D eigenvalue weighted by Crippen LogP contribution is 2.41. The number of thiazole rings is 1. The van der Waals surface area contributed by atoms with E-state index >= 15 is 0 Å². The van der Waals surface area contributed by atoms with Crippen LogP contribution in [-0.4, -0.2) is 44.8 Å². The molecule has 1 unspecified atom stereocenters. The molecule has 3 aromatic rings. The van der Waals surface area contributed by atoms with E-state index in [1.807, 2.05) is 19.1 Å². The van der Waals surface area contributed by atoms with Crippen LogP contribution in [-0.2, 0) is 6.42 Å². The molecule has 2 aromatic heterocycles. The topological polar surface area (TPSA) is 62.9 Å². The molecule has 4 rings (SSSR count). The minimum absolute atomic E-state index is 0.0204. The lowest BCUT2D eigenvalue weighted by Gasteiger charge is -2.27. The summed E-state index contributed by atoms with van der Waals surface area (Å²) in [4.78, 5) is 8.60. The van der Waals surface area contributed by atoms with Crippen LogP contribution < -0.4 is 4.74 Å². The summed E-state index contributed by atoms with van der Waals surface area (Å²) in [5.74, 6) is 1.80. The van der Waals surface area contributed by atoms with Crippen molar-refractivity contribution in [2.45, 2.75) is 32.2 Å². The summed E-state index contributed by atoms with van der Waals surface area (Å²) in [6.07, 6.45) is 3.14. The molecule has 0 saturated carbocycles. The zero-order valence-electron chi connectivity index (χ0n) is 14.5. The monoisotopic (exact) mass is 358 g/mol. The fourth-order valence-electron chi connectivity index (χ4n) is 3.43. The third-order valence-electron chi connectivity index (χ3n) is 4.75. The molecule has 1 aliphatic heterocycles. The quantitative estimate of drug-likeness (QED) is 0.758. The smallest absolute Gasteiger partial charge is 0.230 e. The Morgan fingerprint density at radius 1 is 1.24 bits per heavy atom. The lowest BCUT2D eigenvalue weighted by Crippen LogP contribution is -2.26. The molecule has 6 nitrogen and oxygen atoms in total. The van der Waals surface area contributed by atoms with Gasteiger partial charge in [0.25, 0.3) is 0 Å². The van der Waals surface area contributed by atoms with Gasteiger partial charge in [0, 0.05) is 6.42 Å². The molecule has 0 spiro atoms. The largest absolute Gasteiger partial charge is 0.497 e. The predicted molar refractivity (Wildman–Crippen MR) is 97.6 cm³/mol. The third-order valence-corrected chi connectivity index (χ3v) is 5.82. The average Bonchev–Trinajstić information content (AvgIpc) is 3.35. The van der Waals surface area contributed by atoms with Crippen molar-refractivity contribution >= 4 is 16.3 Å². The van der Waals surface area contributed by atoms with Crippen LogP contribution >= 0.6 is 11.3 Å². The first-order chi connectivity index (χ1) is 12.2. The second-order valence-electron chi connectivity index (χ2n) is 6.28. The molecule has 25 heavy (non-hydrogen) atoms. The number of rotatable bonds is 5. The van der Waals surface area contributed by atoms with Crippen molar-refractivity contribution in [2.75, 3.05) is 20.2 Å². The van der Waals surface area contributed by atoms with Crippen LogP contribution in [0, 0.1) is 0 Å². The first-order valence-electron chi connectivity index (χ1n) is 8.66. The number of methoxy groups -OCH3 is 1. The molecule has 1 saturated heterocycles. The number of benzene rings is 1. The predicted octanol–water partition coefficient (Wildman–Crippen LogP) is 3.25. The van der Waals surface area contributed by atoms with Gasteiger partial charge in [-0.2, -0.15) is 4.52 Å². The number of aryl methyl sites for hydroxylation is 1. The number of ether oxygens (including phenoxy) is 1. The molecule has 132 valence electrons. The number of aromatic nitrogens is 3. The maximum atomic E-state index is 10.8. The maximum absolute atomic E-state index is 10.8. The number of hydrogen-bond acceptors (Lipinski definition) is 6. The Bertz CT molecular complexity index is 865. The van der Waals surface area contributed by atoms with Gasteiger partial charge < -0.3 is 9.84 Å². The number of likely N-dealkylation sites (tertiary alicyclic amines) is 1. The molecular weight excluding hydrogens is 336 g/mol. The Morgan fingerprint density at radius 2 is 1.96 bits per heavy atom. The highest BCUT2D eigenvalue weighted by atomic mass is 32.1. The van der Waals surface area contributed by atoms with Gasteiger partial charge in [0.1, 0.15) is 5.75 Å². The molecule has 1 atom stereocenters. The minimum Gasteiger partial charge on any atom is -0.497 e. The minimum atomic E-state index is 0.0204. The van der Waals surface area contributed by atoms with Crippen LogP contribution in [0.3, 0.4) is 0 Å². The second-order valence-corrected chi connectivity index (χ2v) is 7.29. The van der Waals surface area contributed by atoms with E-state index in [0.29, 0.717) is 0 Å². The lowest BCUT2D eigenvalue weighted by molar-refractivity contribution is 0.277. The van der Waals surface area contributed by atoms with Crippen LogP contribution in [0.4, 0.5) is 0 Å². The normalized spacial score (nSPS) is 16.6. The van der Waals surface area contributed by atoms with E-state index in [2.05, 4.69) is 27.1 Å². The molecule has 0 aliphatic carbocycles. The van der Waals surface area contributed by atoms with Crippen molar-refractivity contribution in [3.05, 3.63) is 40.5 Å². The van der Waals surface area contributed by atoms with E-state index in [-0.39, 0.29) is 11.9 Å². The number of aromatic hydroxyl groups is 1. The van der Waals surface area contributed by atoms with Crippen molar-refractivity contribution in [3.8, 4) is 11.6 Å². The van der Waals surface area contributed by atoms with Gasteiger partial charge >= 0.3 is 0 Å². The number of hydrogen-bond donors (Lipinski definition) is 1. The van der Waals surface area contributed by atoms with Gasteiger partial charge in [-0.1, -0.05) is 30.4 Å². The van der Waals surface area contributed by atoms with E-state index in [0.717, 1.165) is 46.5 Å². The summed E-state index contributed by atoms with van der Waals surface area (Å²) >= 11 is 1.53. The van der Waals surface area contributed by atoms with E-state index in [9.17, 15) is 5.11 Å². The summed E-state index contributed by atoms with van der Waals surface area (Å²) in [6.45, 7) is 4.08. The van der Waals surface area contributed by atoms with Crippen LogP contribution in [0.25, 0.3) is 4.96 Å². The molecule has 1 aliphatic rings. The molecule has 0 amide bonds. The van der Waals surface area contributed by atoms with Gasteiger partial charge in [0.15, 0.2) is 5.82 Å². The van der Waals surface area contributed by atoms with Gasteiger partial charge in [0.2, 0.25) is 10.8 Å². The molecular formula is C18H22N4O2S. The molecule has 1 N–H and O–H groups in total. The lowest BCUT2D eigenvalue weighted by atomic mass is 10.0. The van der Waals surface area contributed by atoms with Gasteiger partial charge in [0.05, 0.1) is 18.0 Å². The Hall–Kier alpha value is -2.12. The molecule has 3 heterocycles. The average molecular weight is 358 g/mol. The Labute approximate surface area is 150 Å². The highest BCUT2D eigenvalue weighted by molar-refractivity contribution is 7.17. The maximum Gasteiger partial charge on any atom is 0.230 e. The molecule has 7 heteroatoms. The molecule has 0 radical (unpaired) electrons. The number of fused-ring (bicyclic) bond motifs is 1. The Kier molecular flexibility index (Phi) is 4.35. The third kappa shape index (κ3) is 2.87. The van der Waals surface area contributed by atoms with Gasteiger partial charge in [-0.15, -0.1) is 5.10 Å². The fraction of sp³-hybridized carbons (Fsp3) is 0.444. The summed E-state index contributed by atoms with van der Waals surface area (Å²) in [7, 11) is 1.67.